The molecular formula is C12H15FN2O2. The second-order valence-electron chi connectivity index (χ2n) is 4.39. The van der Waals surface area contributed by atoms with Crippen molar-refractivity contribution in [1.29, 1.82) is 0 Å². The van der Waals surface area contributed by atoms with Gasteiger partial charge in [-0.1, -0.05) is 12.1 Å². The van der Waals surface area contributed by atoms with Crippen LogP contribution >= 0.6 is 0 Å². The lowest BCUT2D eigenvalue weighted by Crippen LogP contribution is -2.39. The van der Waals surface area contributed by atoms with Crippen molar-refractivity contribution in [3.8, 4) is 0 Å². The monoisotopic (exact) mass is 238 g/mol. The van der Waals surface area contributed by atoms with E-state index in [2.05, 4.69) is 10.9 Å². The van der Waals surface area contributed by atoms with E-state index in [1.165, 1.54) is 12.1 Å². The van der Waals surface area contributed by atoms with Crippen LogP contribution in [0.25, 0.3) is 0 Å². The summed E-state index contributed by atoms with van der Waals surface area (Å²) in [5.74, 6) is -1.19. The Kier molecular flexibility index (Phi) is 3.40. The van der Waals surface area contributed by atoms with E-state index in [9.17, 15) is 9.18 Å². The molecule has 1 saturated heterocycles. The van der Waals surface area contributed by atoms with Crippen molar-refractivity contribution in [3.05, 3.63) is 35.6 Å². The first-order valence-corrected chi connectivity index (χ1v) is 5.56. The fraction of sp³-hybridized carbons (Fsp3) is 0.417. The molecule has 0 aromatic heterocycles. The van der Waals surface area contributed by atoms with Gasteiger partial charge in [0.05, 0.1) is 0 Å². The zero-order chi connectivity index (χ0) is 12.4. The molecule has 0 aliphatic carbocycles. The molecule has 0 spiro atoms. The molecule has 3 atom stereocenters. The van der Waals surface area contributed by atoms with Crippen LogP contribution in [-0.2, 0) is 11.2 Å². The molecule has 2 rings (SSSR count). The van der Waals surface area contributed by atoms with Crippen LogP contribution in [0.1, 0.15) is 12.5 Å². The SMILES string of the molecule is CC1NNC(C(=O)O)C1Cc1ccc(F)cc1. The highest BCUT2D eigenvalue weighted by Gasteiger charge is 2.37. The van der Waals surface area contributed by atoms with E-state index < -0.39 is 12.0 Å². The topological polar surface area (TPSA) is 61.4 Å². The lowest BCUT2D eigenvalue weighted by molar-refractivity contribution is -0.140. The number of hydrogen-bond acceptors (Lipinski definition) is 3. The lowest BCUT2D eigenvalue weighted by atomic mass is 9.89. The second kappa shape index (κ2) is 4.81. The molecule has 1 aromatic carbocycles. The first-order chi connectivity index (χ1) is 8.08. The third kappa shape index (κ3) is 2.62. The number of carboxylic acids is 1. The number of halogens is 1. The third-order valence-corrected chi connectivity index (χ3v) is 3.19. The highest BCUT2D eigenvalue weighted by Crippen LogP contribution is 2.20. The molecule has 1 fully saturated rings. The van der Waals surface area contributed by atoms with Crippen LogP contribution in [0.5, 0.6) is 0 Å². The lowest BCUT2D eigenvalue weighted by Gasteiger charge is -2.17. The van der Waals surface area contributed by atoms with Gasteiger partial charge in [0.1, 0.15) is 11.9 Å². The summed E-state index contributed by atoms with van der Waals surface area (Å²) >= 11 is 0. The Morgan fingerprint density at radius 2 is 2.00 bits per heavy atom. The normalized spacial score (nSPS) is 28.2. The van der Waals surface area contributed by atoms with Crippen LogP contribution < -0.4 is 10.9 Å². The molecule has 92 valence electrons. The number of carboxylic acid groups (broad SMARTS) is 1. The third-order valence-electron chi connectivity index (χ3n) is 3.19. The van der Waals surface area contributed by atoms with E-state index in [0.717, 1.165) is 5.56 Å². The number of benzene rings is 1. The average Bonchev–Trinajstić information content (AvgIpc) is 2.64. The Labute approximate surface area is 98.8 Å². The zero-order valence-corrected chi connectivity index (χ0v) is 9.48. The molecule has 1 aromatic rings. The Hall–Kier alpha value is -1.46. The van der Waals surface area contributed by atoms with E-state index in [0.29, 0.717) is 6.42 Å². The van der Waals surface area contributed by atoms with Gasteiger partial charge in [0.15, 0.2) is 0 Å². The highest BCUT2D eigenvalue weighted by atomic mass is 19.1. The summed E-state index contributed by atoms with van der Waals surface area (Å²) in [6.45, 7) is 1.93. The van der Waals surface area contributed by atoms with Gasteiger partial charge in [-0.2, -0.15) is 0 Å². The Bertz CT molecular complexity index is 407. The molecule has 3 unspecified atom stereocenters. The first-order valence-electron chi connectivity index (χ1n) is 5.56. The van der Waals surface area contributed by atoms with Crippen molar-refractivity contribution in [2.75, 3.05) is 0 Å². The van der Waals surface area contributed by atoms with Gasteiger partial charge in [0.2, 0.25) is 0 Å². The summed E-state index contributed by atoms with van der Waals surface area (Å²) in [4.78, 5) is 11.0. The zero-order valence-electron chi connectivity index (χ0n) is 9.48. The van der Waals surface area contributed by atoms with Crippen molar-refractivity contribution < 1.29 is 14.3 Å². The number of hydrogen-bond donors (Lipinski definition) is 3. The maximum Gasteiger partial charge on any atom is 0.322 e. The van der Waals surface area contributed by atoms with E-state index in [1.54, 1.807) is 12.1 Å². The molecule has 1 aliphatic heterocycles. The minimum absolute atomic E-state index is 0.0436. The molecule has 0 saturated carbocycles. The maximum absolute atomic E-state index is 12.8. The van der Waals surface area contributed by atoms with Gasteiger partial charge < -0.3 is 5.11 Å². The molecule has 17 heavy (non-hydrogen) atoms. The molecule has 5 heteroatoms. The van der Waals surface area contributed by atoms with Gasteiger partial charge >= 0.3 is 5.97 Å². The largest absolute Gasteiger partial charge is 0.480 e. The average molecular weight is 238 g/mol. The number of carbonyl (C=O) groups is 1. The minimum Gasteiger partial charge on any atom is -0.480 e. The molecule has 1 heterocycles. The van der Waals surface area contributed by atoms with Crippen molar-refractivity contribution in [1.82, 2.24) is 10.9 Å². The van der Waals surface area contributed by atoms with Gasteiger partial charge in [0, 0.05) is 12.0 Å². The fourth-order valence-electron chi connectivity index (χ4n) is 2.16. The van der Waals surface area contributed by atoms with Crippen LogP contribution in [0.15, 0.2) is 24.3 Å². The number of nitrogens with one attached hydrogen (secondary N) is 2. The Morgan fingerprint density at radius 1 is 1.35 bits per heavy atom. The molecular weight excluding hydrogens is 223 g/mol. The van der Waals surface area contributed by atoms with E-state index in [-0.39, 0.29) is 17.8 Å². The van der Waals surface area contributed by atoms with Gasteiger partial charge in [-0.3, -0.25) is 10.2 Å². The quantitative estimate of drug-likeness (QED) is 0.733. The smallest absolute Gasteiger partial charge is 0.322 e. The van der Waals surface area contributed by atoms with Crippen LogP contribution in [0.3, 0.4) is 0 Å². The molecule has 0 bridgehead atoms. The molecule has 3 N–H and O–H groups in total. The first kappa shape index (κ1) is 12.0. The van der Waals surface area contributed by atoms with Crippen molar-refractivity contribution in [2.24, 2.45) is 5.92 Å². The maximum atomic E-state index is 12.8. The summed E-state index contributed by atoms with van der Waals surface area (Å²) in [7, 11) is 0. The van der Waals surface area contributed by atoms with Crippen LogP contribution in [-0.4, -0.2) is 23.2 Å². The second-order valence-corrected chi connectivity index (χ2v) is 4.39. The number of hydrazine groups is 1. The number of aliphatic carboxylic acids is 1. The van der Waals surface area contributed by atoms with Gasteiger partial charge in [0.25, 0.3) is 0 Å². The summed E-state index contributed by atoms with van der Waals surface area (Å²) in [6, 6.07) is 5.65. The summed E-state index contributed by atoms with van der Waals surface area (Å²) in [5.41, 5.74) is 6.64. The molecule has 0 radical (unpaired) electrons. The van der Waals surface area contributed by atoms with E-state index in [4.69, 9.17) is 5.11 Å². The predicted molar refractivity (Wildman–Crippen MR) is 60.8 cm³/mol. The molecule has 0 amide bonds. The Balaban J connectivity index is 2.10. The van der Waals surface area contributed by atoms with Gasteiger partial charge in [-0.05, 0) is 31.0 Å². The summed E-state index contributed by atoms with van der Waals surface area (Å²) in [5, 5.41) is 9.06. The van der Waals surface area contributed by atoms with Crippen molar-refractivity contribution >= 4 is 5.97 Å². The van der Waals surface area contributed by atoms with Crippen LogP contribution in [0.2, 0.25) is 0 Å². The predicted octanol–water partition coefficient (Wildman–Crippen LogP) is 0.934. The number of rotatable bonds is 3. The van der Waals surface area contributed by atoms with Crippen LogP contribution in [0.4, 0.5) is 4.39 Å². The minimum atomic E-state index is -0.867. The summed E-state index contributed by atoms with van der Waals surface area (Å²) in [6.07, 6.45) is 0.610. The van der Waals surface area contributed by atoms with Gasteiger partial charge in [-0.25, -0.2) is 9.82 Å². The summed E-state index contributed by atoms with van der Waals surface area (Å²) < 4.78 is 12.8. The Morgan fingerprint density at radius 3 is 2.59 bits per heavy atom. The fourth-order valence-corrected chi connectivity index (χ4v) is 2.16. The molecule has 1 aliphatic rings. The highest BCUT2D eigenvalue weighted by molar-refractivity contribution is 5.74. The van der Waals surface area contributed by atoms with Crippen molar-refractivity contribution in [2.45, 2.75) is 25.4 Å². The van der Waals surface area contributed by atoms with E-state index in [1.807, 2.05) is 6.92 Å². The van der Waals surface area contributed by atoms with E-state index >= 15 is 0 Å². The standard InChI is InChI=1S/C12H15FN2O2/c1-7-10(11(12(16)17)15-14-7)6-8-2-4-9(13)5-3-8/h2-5,7,10-11,14-15H,6H2,1H3,(H,16,17). The van der Waals surface area contributed by atoms with Crippen molar-refractivity contribution in [3.63, 3.8) is 0 Å². The molecule has 4 nitrogen and oxygen atoms in total. The van der Waals surface area contributed by atoms with Gasteiger partial charge in [-0.15, -0.1) is 0 Å². The van der Waals surface area contributed by atoms with Crippen LogP contribution in [0, 0.1) is 11.7 Å².